The fourth-order valence-electron chi connectivity index (χ4n) is 15.8. The molecule has 18 atom stereocenters. The molecule has 0 aromatic carbocycles. The minimum Gasteiger partial charge on any atom is -0.463 e. The van der Waals surface area contributed by atoms with Crippen molar-refractivity contribution >= 4 is 31.7 Å². The first-order valence-electron chi connectivity index (χ1n) is 47.3. The third-order valence-electron chi connectivity index (χ3n) is 23.4. The molecule has 3 rings (SSSR count). The average molecular weight is 1680 g/mol. The first kappa shape index (κ1) is 108. The number of hydrogen-bond acceptors (Lipinski definition) is 24. The van der Waals surface area contributed by atoms with Gasteiger partial charge >= 0.3 is 31.7 Å². The maximum absolute atomic E-state index is 14.9. The van der Waals surface area contributed by atoms with Crippen LogP contribution in [0.5, 0.6) is 0 Å². The summed E-state index contributed by atoms with van der Waals surface area (Å²) in [6, 6.07) is 0. The molecule has 26 heteroatoms. The summed E-state index contributed by atoms with van der Waals surface area (Å²) in [6.07, 6.45) is 26.7. The van der Waals surface area contributed by atoms with Crippen molar-refractivity contribution < 1.29 is 122 Å². The van der Waals surface area contributed by atoms with Crippen LogP contribution in [0.1, 0.15) is 419 Å². The van der Waals surface area contributed by atoms with E-state index in [2.05, 4.69) is 27.7 Å². The molecule has 2 saturated heterocycles. The number of hydrogen-bond donors (Lipinski definition) is 10. The number of rotatable bonds is 77. The maximum atomic E-state index is 14.9. The van der Waals surface area contributed by atoms with Crippen LogP contribution in [-0.4, -0.2) is 205 Å². The number of esters is 4. The van der Waals surface area contributed by atoms with Crippen LogP contribution >= 0.6 is 7.82 Å². The van der Waals surface area contributed by atoms with Gasteiger partial charge in [-0.1, -0.05) is 368 Å². The molecule has 3 aliphatic rings. The highest BCUT2D eigenvalue weighted by Crippen LogP contribution is 2.49. The Bertz CT molecular complexity index is 2410. The van der Waals surface area contributed by atoms with Crippen molar-refractivity contribution in [1.82, 2.24) is 0 Å². The molecule has 10 N–H and O–H groups in total. The van der Waals surface area contributed by atoms with Gasteiger partial charge in [0.25, 0.3) is 0 Å². The second-order valence-electron chi connectivity index (χ2n) is 33.9. The van der Waals surface area contributed by atoms with Crippen molar-refractivity contribution in [3.63, 3.8) is 0 Å². The van der Waals surface area contributed by atoms with Gasteiger partial charge in [-0.25, -0.2) is 4.57 Å². The van der Waals surface area contributed by atoms with Crippen molar-refractivity contribution in [2.45, 2.75) is 524 Å². The van der Waals surface area contributed by atoms with Gasteiger partial charge in [-0.2, -0.15) is 0 Å². The van der Waals surface area contributed by atoms with Crippen LogP contribution in [0, 0.1) is 0 Å². The summed E-state index contributed by atoms with van der Waals surface area (Å²) in [5.74, 6) is -2.94. The summed E-state index contributed by atoms with van der Waals surface area (Å²) in [6.45, 7) is 5.63. The molecule has 18 unspecified atom stereocenters. The Labute approximate surface area is 699 Å². The Kier molecular flexibility index (Phi) is 64.8. The molecule has 0 amide bonds. The Morgan fingerprint density at radius 2 is 0.595 bits per heavy atom. The van der Waals surface area contributed by atoms with Gasteiger partial charge in [-0.05, 0) is 25.7 Å². The lowest BCUT2D eigenvalue weighted by Crippen LogP contribution is -2.70. The van der Waals surface area contributed by atoms with Crippen molar-refractivity contribution in [3.8, 4) is 0 Å². The highest BCUT2D eigenvalue weighted by atomic mass is 31.2. The zero-order valence-electron chi connectivity index (χ0n) is 72.8. The number of carbonyl (C=O) groups excluding carboxylic acids is 4. The number of ether oxygens (including phenoxy) is 8. The Hall–Kier alpha value is -2.53. The molecule has 1 aliphatic carbocycles. The van der Waals surface area contributed by atoms with Crippen molar-refractivity contribution in [1.29, 1.82) is 0 Å². The summed E-state index contributed by atoms with van der Waals surface area (Å²) in [5.41, 5.74) is 0. The molecular formula is C90H169O25P. The van der Waals surface area contributed by atoms with E-state index in [-0.39, 0.29) is 25.7 Å². The molecular weight excluding hydrogens is 1510 g/mol. The van der Waals surface area contributed by atoms with Gasteiger partial charge in [-0.3, -0.25) is 28.2 Å². The number of aliphatic hydroxyl groups is 9. The van der Waals surface area contributed by atoms with Crippen LogP contribution in [0.2, 0.25) is 0 Å². The molecule has 2 heterocycles. The molecule has 2 aliphatic heterocycles. The van der Waals surface area contributed by atoms with Crippen LogP contribution in [0.25, 0.3) is 0 Å². The third-order valence-corrected chi connectivity index (χ3v) is 24.3. The first-order chi connectivity index (χ1) is 56.2. The van der Waals surface area contributed by atoms with E-state index in [0.717, 1.165) is 128 Å². The number of carbonyl (C=O) groups is 4. The SMILES string of the molecule is CCCCCCCCCCCCCCCCCCC(=O)OCC1OC(OC2C(OC(=O)CCCCCCCCCCCCCCC)C(O)C(O)C(OC3OC(CO)C(O)C(O)C3O)C2OP(=O)(O)OCC(COC(=O)CCCCCCCCCCCCCCCCC)OC(=O)CCCCCCCCCCCCCCC)C(O)C(O)C1O. The number of phosphoric ester groups is 1. The third kappa shape index (κ3) is 49.7. The van der Waals surface area contributed by atoms with Gasteiger partial charge in [0, 0.05) is 25.7 Å². The van der Waals surface area contributed by atoms with Crippen LogP contribution in [0.3, 0.4) is 0 Å². The fraction of sp³-hybridized carbons (Fsp3) is 0.956. The normalized spacial score (nSPS) is 25.1. The topological polar surface area (TPSA) is 380 Å². The molecule has 0 radical (unpaired) electrons. The zero-order chi connectivity index (χ0) is 84.7. The Morgan fingerprint density at radius 1 is 0.310 bits per heavy atom. The van der Waals surface area contributed by atoms with Gasteiger partial charge in [-0.15, -0.1) is 0 Å². The van der Waals surface area contributed by atoms with E-state index in [1.165, 1.54) is 205 Å². The number of phosphoric acid groups is 1. The maximum Gasteiger partial charge on any atom is 0.472 e. The minimum absolute atomic E-state index is 0.0204. The predicted octanol–water partition coefficient (Wildman–Crippen LogP) is 17.4. The van der Waals surface area contributed by atoms with E-state index in [0.29, 0.717) is 32.1 Å². The van der Waals surface area contributed by atoms with E-state index < -0.39 is 162 Å². The van der Waals surface area contributed by atoms with Crippen LogP contribution in [-0.2, 0) is 70.7 Å². The van der Waals surface area contributed by atoms with Crippen LogP contribution < -0.4 is 0 Å². The molecule has 1 saturated carbocycles. The monoisotopic (exact) mass is 1680 g/mol. The summed E-state index contributed by atoms with van der Waals surface area (Å²) >= 11 is 0. The second kappa shape index (κ2) is 69.8. The van der Waals surface area contributed by atoms with E-state index in [4.69, 9.17) is 46.9 Å². The summed E-state index contributed by atoms with van der Waals surface area (Å²) in [7, 11) is -5.80. The highest BCUT2D eigenvalue weighted by molar-refractivity contribution is 7.47. The lowest BCUT2D eigenvalue weighted by atomic mass is 9.84. The van der Waals surface area contributed by atoms with E-state index in [9.17, 15) is 74.6 Å². The molecule has 0 aromatic heterocycles. The second-order valence-corrected chi connectivity index (χ2v) is 35.3. The molecule has 0 aromatic rings. The zero-order valence-corrected chi connectivity index (χ0v) is 73.7. The summed E-state index contributed by atoms with van der Waals surface area (Å²) < 4.78 is 73.4. The smallest absolute Gasteiger partial charge is 0.463 e. The van der Waals surface area contributed by atoms with Gasteiger partial charge in [0.05, 0.1) is 13.2 Å². The van der Waals surface area contributed by atoms with Gasteiger partial charge in [0.1, 0.15) is 92.6 Å². The Balaban J connectivity index is 1.90. The summed E-state index contributed by atoms with van der Waals surface area (Å²) in [4.78, 5) is 66.4. The largest absolute Gasteiger partial charge is 0.472 e. The van der Waals surface area contributed by atoms with E-state index in [1.807, 2.05) is 0 Å². The minimum atomic E-state index is -5.80. The van der Waals surface area contributed by atoms with E-state index in [1.54, 1.807) is 0 Å². The number of aliphatic hydroxyl groups excluding tert-OH is 9. The standard InChI is InChI=1S/C90H169O25P/c1-5-9-13-17-21-25-29-33-35-37-41-43-47-51-55-59-63-74(93)107-69-72-78(97)80(99)84(103)90(111-72)114-87-85(112-76(95)65-61-57-53-49-45-39-32-28-24-20-16-12-8-4)81(100)82(101)86(113-89-83(102)79(98)77(96)71(66-91)110-89)88(87)115-116(104,105)108-68-70(109-75(94)64-60-56-52-48-44-38-31-27-23-19-15-11-7-3)67-106-73(92)62-58-54-50-46-42-40-36-34-30-26-22-18-14-10-6-2/h70-72,77-91,96-103H,5-69H2,1-4H3,(H,104,105). The molecule has 116 heavy (non-hydrogen) atoms. The van der Waals surface area contributed by atoms with Gasteiger partial charge in [0.15, 0.2) is 24.8 Å². The van der Waals surface area contributed by atoms with Crippen LogP contribution in [0.15, 0.2) is 0 Å². The molecule has 3 fully saturated rings. The molecule has 25 nitrogen and oxygen atoms in total. The van der Waals surface area contributed by atoms with Crippen molar-refractivity contribution in [2.24, 2.45) is 0 Å². The fourth-order valence-corrected chi connectivity index (χ4v) is 16.8. The lowest BCUT2D eigenvalue weighted by Gasteiger charge is -2.50. The van der Waals surface area contributed by atoms with E-state index >= 15 is 0 Å². The first-order valence-corrected chi connectivity index (χ1v) is 48.8. The average Bonchev–Trinajstić information content (AvgIpc) is 0.754. The van der Waals surface area contributed by atoms with Crippen LogP contribution in [0.4, 0.5) is 0 Å². The molecule has 0 bridgehead atoms. The van der Waals surface area contributed by atoms with Crippen molar-refractivity contribution in [3.05, 3.63) is 0 Å². The quantitative estimate of drug-likeness (QED) is 0.0117. The van der Waals surface area contributed by atoms with Gasteiger partial charge in [0.2, 0.25) is 0 Å². The van der Waals surface area contributed by atoms with Crippen molar-refractivity contribution in [2.75, 3.05) is 26.4 Å². The predicted molar refractivity (Wildman–Crippen MR) is 449 cm³/mol. The highest BCUT2D eigenvalue weighted by Gasteiger charge is 2.60. The number of unbranched alkanes of at least 4 members (excludes halogenated alkanes) is 53. The lowest BCUT2D eigenvalue weighted by molar-refractivity contribution is -0.360. The van der Waals surface area contributed by atoms with Gasteiger partial charge < -0.3 is 88.7 Å². The molecule has 684 valence electrons. The Morgan fingerprint density at radius 3 is 0.940 bits per heavy atom. The summed E-state index contributed by atoms with van der Waals surface area (Å²) in [5, 5.41) is 102. The molecule has 0 spiro atoms.